The minimum absolute atomic E-state index is 0.377. The molecule has 3 unspecified atom stereocenters. The molecule has 1 aromatic rings. The summed E-state index contributed by atoms with van der Waals surface area (Å²) in [6.07, 6.45) is 5.49. The van der Waals surface area contributed by atoms with E-state index in [4.69, 9.17) is 5.11 Å². The van der Waals surface area contributed by atoms with Crippen LogP contribution >= 0.6 is 0 Å². The quantitative estimate of drug-likeness (QED) is 0.857. The second kappa shape index (κ2) is 4.73. The lowest BCUT2D eigenvalue weighted by Crippen LogP contribution is -2.33. The van der Waals surface area contributed by atoms with Crippen LogP contribution in [0.1, 0.15) is 41.6 Å². The lowest BCUT2D eigenvalue weighted by Gasteiger charge is -2.23. The summed E-state index contributed by atoms with van der Waals surface area (Å²) in [5.74, 6) is 0.951. The van der Waals surface area contributed by atoms with Crippen molar-refractivity contribution in [3.05, 3.63) is 35.4 Å². The molecule has 3 atom stereocenters. The molecule has 18 heavy (non-hydrogen) atoms. The number of carbonyl (C=O) groups is 1. The molecule has 2 N–H and O–H groups in total. The molecule has 0 heterocycles. The molecular weight excluding hydrogens is 226 g/mol. The number of hydrogen-bond acceptors (Lipinski definition) is 2. The van der Waals surface area contributed by atoms with Crippen molar-refractivity contribution >= 4 is 5.97 Å². The van der Waals surface area contributed by atoms with Crippen LogP contribution in [0.5, 0.6) is 0 Å². The lowest BCUT2D eigenvalue weighted by atomic mass is 9.95. The van der Waals surface area contributed by atoms with Gasteiger partial charge in [-0.1, -0.05) is 18.6 Å². The highest BCUT2D eigenvalue weighted by Gasteiger charge is 2.38. The average molecular weight is 245 g/mol. The van der Waals surface area contributed by atoms with Crippen molar-refractivity contribution in [3.63, 3.8) is 0 Å². The van der Waals surface area contributed by atoms with Gasteiger partial charge in [-0.15, -0.1) is 0 Å². The Labute approximate surface area is 107 Å². The van der Waals surface area contributed by atoms with Gasteiger partial charge in [0.05, 0.1) is 5.56 Å². The van der Waals surface area contributed by atoms with Gasteiger partial charge in [-0.2, -0.15) is 0 Å². The van der Waals surface area contributed by atoms with Gasteiger partial charge >= 0.3 is 5.97 Å². The topological polar surface area (TPSA) is 49.3 Å². The van der Waals surface area contributed by atoms with E-state index in [1.54, 1.807) is 12.1 Å². The van der Waals surface area contributed by atoms with Gasteiger partial charge in [-0.3, -0.25) is 0 Å². The minimum atomic E-state index is -0.850. The van der Waals surface area contributed by atoms with E-state index in [1.807, 2.05) is 12.1 Å². The first-order valence-corrected chi connectivity index (χ1v) is 6.78. The molecule has 2 aliphatic rings. The van der Waals surface area contributed by atoms with Crippen LogP contribution in [-0.4, -0.2) is 17.1 Å². The van der Waals surface area contributed by atoms with Crippen LogP contribution < -0.4 is 5.32 Å². The normalized spacial score (nSPS) is 29.7. The van der Waals surface area contributed by atoms with E-state index in [-0.39, 0.29) is 0 Å². The molecule has 2 bridgehead atoms. The number of rotatable bonds is 4. The maximum atomic E-state index is 10.9. The first kappa shape index (κ1) is 11.7. The van der Waals surface area contributed by atoms with E-state index in [2.05, 4.69) is 5.32 Å². The Morgan fingerprint density at radius 3 is 2.89 bits per heavy atom. The number of fused-ring (bicyclic) bond motifs is 2. The summed E-state index contributed by atoms with van der Waals surface area (Å²) >= 11 is 0. The molecule has 0 aliphatic heterocycles. The first-order chi connectivity index (χ1) is 8.72. The molecule has 0 amide bonds. The van der Waals surface area contributed by atoms with Crippen LogP contribution in [-0.2, 0) is 6.54 Å². The highest BCUT2D eigenvalue weighted by molar-refractivity contribution is 5.87. The highest BCUT2D eigenvalue weighted by atomic mass is 16.4. The Kier molecular flexibility index (Phi) is 3.08. The molecule has 0 radical (unpaired) electrons. The molecule has 0 aromatic heterocycles. The standard InChI is InChI=1S/C15H19NO2/c17-15(18)13-3-1-2-11(7-13)9-16-14-8-10-4-5-12(14)6-10/h1-3,7,10,12,14,16H,4-6,8-9H2,(H,17,18). The summed E-state index contributed by atoms with van der Waals surface area (Å²) in [6.45, 7) is 0.787. The van der Waals surface area contributed by atoms with Crippen molar-refractivity contribution in [1.29, 1.82) is 0 Å². The van der Waals surface area contributed by atoms with Gasteiger partial charge in [-0.25, -0.2) is 4.79 Å². The fraction of sp³-hybridized carbons (Fsp3) is 0.533. The Bertz CT molecular complexity index is 458. The summed E-state index contributed by atoms with van der Waals surface area (Å²) in [4.78, 5) is 10.9. The van der Waals surface area contributed by atoms with E-state index in [0.29, 0.717) is 11.6 Å². The molecule has 3 nitrogen and oxygen atoms in total. The van der Waals surface area contributed by atoms with Crippen molar-refractivity contribution in [2.24, 2.45) is 11.8 Å². The first-order valence-electron chi connectivity index (χ1n) is 6.78. The molecule has 2 aliphatic carbocycles. The molecule has 2 fully saturated rings. The molecule has 0 saturated heterocycles. The molecule has 2 saturated carbocycles. The predicted molar refractivity (Wildman–Crippen MR) is 69.5 cm³/mol. The minimum Gasteiger partial charge on any atom is -0.478 e. The second-order valence-electron chi connectivity index (χ2n) is 5.67. The summed E-state index contributed by atoms with van der Waals surface area (Å²) < 4.78 is 0. The third-order valence-corrected chi connectivity index (χ3v) is 4.48. The highest BCUT2D eigenvalue weighted by Crippen LogP contribution is 2.44. The number of aromatic carboxylic acids is 1. The van der Waals surface area contributed by atoms with Crippen LogP contribution in [0, 0.1) is 11.8 Å². The van der Waals surface area contributed by atoms with Crippen molar-refractivity contribution < 1.29 is 9.90 Å². The van der Waals surface area contributed by atoms with Crippen LogP contribution in [0.2, 0.25) is 0 Å². The summed E-state index contributed by atoms with van der Waals surface area (Å²) in [6, 6.07) is 7.87. The maximum Gasteiger partial charge on any atom is 0.335 e. The number of hydrogen-bond donors (Lipinski definition) is 2. The largest absolute Gasteiger partial charge is 0.478 e. The zero-order valence-electron chi connectivity index (χ0n) is 10.4. The Morgan fingerprint density at radius 1 is 1.33 bits per heavy atom. The SMILES string of the molecule is O=C(O)c1cccc(CNC2CC3CCC2C3)c1. The molecule has 3 rings (SSSR count). The van der Waals surface area contributed by atoms with Gasteiger partial charge in [0.25, 0.3) is 0 Å². The third-order valence-electron chi connectivity index (χ3n) is 4.48. The number of carboxylic acid groups (broad SMARTS) is 1. The fourth-order valence-corrected chi connectivity index (χ4v) is 3.56. The average Bonchev–Trinajstić information content (AvgIpc) is 2.99. The lowest BCUT2D eigenvalue weighted by molar-refractivity contribution is 0.0696. The molecule has 96 valence electrons. The van der Waals surface area contributed by atoms with Crippen molar-refractivity contribution in [1.82, 2.24) is 5.32 Å². The molecular formula is C15H19NO2. The Balaban J connectivity index is 1.60. The van der Waals surface area contributed by atoms with Crippen LogP contribution in [0.15, 0.2) is 24.3 Å². The van der Waals surface area contributed by atoms with Crippen molar-refractivity contribution in [2.45, 2.75) is 38.3 Å². The van der Waals surface area contributed by atoms with Crippen molar-refractivity contribution in [2.75, 3.05) is 0 Å². The predicted octanol–water partition coefficient (Wildman–Crippen LogP) is 2.66. The van der Waals surface area contributed by atoms with Gasteiger partial charge in [0.15, 0.2) is 0 Å². The zero-order chi connectivity index (χ0) is 12.5. The van der Waals surface area contributed by atoms with Crippen LogP contribution in [0.3, 0.4) is 0 Å². The van der Waals surface area contributed by atoms with Crippen LogP contribution in [0.4, 0.5) is 0 Å². The van der Waals surface area contributed by atoms with Gasteiger partial charge < -0.3 is 10.4 Å². The van der Waals surface area contributed by atoms with E-state index in [0.717, 1.165) is 23.9 Å². The fourth-order valence-electron chi connectivity index (χ4n) is 3.56. The number of nitrogens with one attached hydrogen (secondary N) is 1. The second-order valence-corrected chi connectivity index (χ2v) is 5.67. The molecule has 1 aromatic carbocycles. The molecule has 3 heteroatoms. The number of carboxylic acids is 1. The number of benzene rings is 1. The summed E-state index contributed by atoms with van der Waals surface area (Å²) in [5.41, 5.74) is 1.44. The van der Waals surface area contributed by atoms with Gasteiger partial charge in [0.1, 0.15) is 0 Å². The van der Waals surface area contributed by atoms with E-state index in [1.165, 1.54) is 25.7 Å². The van der Waals surface area contributed by atoms with Crippen molar-refractivity contribution in [3.8, 4) is 0 Å². The van der Waals surface area contributed by atoms with Gasteiger partial charge in [0, 0.05) is 12.6 Å². The van der Waals surface area contributed by atoms with E-state index < -0.39 is 5.97 Å². The monoisotopic (exact) mass is 245 g/mol. The smallest absolute Gasteiger partial charge is 0.335 e. The van der Waals surface area contributed by atoms with E-state index >= 15 is 0 Å². The van der Waals surface area contributed by atoms with Gasteiger partial charge in [0.2, 0.25) is 0 Å². The summed E-state index contributed by atoms with van der Waals surface area (Å²) in [7, 11) is 0. The van der Waals surface area contributed by atoms with Crippen LogP contribution in [0.25, 0.3) is 0 Å². The maximum absolute atomic E-state index is 10.9. The zero-order valence-corrected chi connectivity index (χ0v) is 10.4. The Hall–Kier alpha value is -1.35. The Morgan fingerprint density at radius 2 is 2.22 bits per heavy atom. The molecule has 0 spiro atoms. The van der Waals surface area contributed by atoms with E-state index in [9.17, 15) is 4.79 Å². The summed E-state index contributed by atoms with van der Waals surface area (Å²) in [5, 5.41) is 12.6. The van der Waals surface area contributed by atoms with Gasteiger partial charge in [-0.05, 0) is 48.8 Å². The third kappa shape index (κ3) is 2.27.